The number of hydrogen-bond acceptors (Lipinski definition) is 4. The van der Waals surface area contributed by atoms with Gasteiger partial charge in [0.15, 0.2) is 0 Å². The quantitative estimate of drug-likeness (QED) is 0.144. The molecule has 0 bridgehead atoms. The third-order valence-corrected chi connectivity index (χ3v) is 10.3. The van der Waals surface area contributed by atoms with Gasteiger partial charge in [0.05, 0.1) is 0 Å². The maximum Gasteiger partial charge on any atom is 0.0483 e. The summed E-state index contributed by atoms with van der Waals surface area (Å²) < 4.78 is 0. The van der Waals surface area contributed by atoms with E-state index < -0.39 is 0 Å². The zero-order valence-corrected chi connectivity index (χ0v) is 35.5. The van der Waals surface area contributed by atoms with Gasteiger partial charge in [-0.15, -0.1) is 0 Å². The van der Waals surface area contributed by atoms with Gasteiger partial charge in [-0.3, -0.25) is 0 Å². The van der Waals surface area contributed by atoms with Gasteiger partial charge in [0, 0.05) is 57.2 Å². The standard InChI is InChI=1S/C38H35N3.C13H13N.C6H8/c1-29-11-9-17-37(27-29)40(33-13-5-3-6-14-33)35-23-19-31(20-24-35)39-32-21-25-36(26-22-32)41(34-15-7-4-8-16-34)38-18-10-12-30(2)28-38;1-11-6-5-9-13(10-11)14-12-7-3-2-4-8-12;1-2-4-6-5-3-1/h3-21,23-28,32,39H,22H2,1-2H3;2-10,14H,1H3;1-4H,5-6H2. The third kappa shape index (κ3) is 12.4. The van der Waals surface area contributed by atoms with E-state index in [1.54, 1.807) is 0 Å². The Kier molecular flexibility index (Phi) is 14.8. The first kappa shape index (κ1) is 41.8. The highest BCUT2D eigenvalue weighted by atomic mass is 15.2. The average molecular weight is 797 g/mol. The lowest BCUT2D eigenvalue weighted by Gasteiger charge is -2.29. The van der Waals surface area contributed by atoms with E-state index in [2.05, 4.69) is 254 Å². The van der Waals surface area contributed by atoms with Crippen molar-refractivity contribution >= 4 is 45.5 Å². The van der Waals surface area contributed by atoms with Crippen LogP contribution in [0.15, 0.2) is 236 Å². The molecular weight excluding hydrogens is 741 g/mol. The van der Waals surface area contributed by atoms with Crippen molar-refractivity contribution in [3.05, 3.63) is 253 Å². The summed E-state index contributed by atoms with van der Waals surface area (Å²) >= 11 is 0. The van der Waals surface area contributed by atoms with Gasteiger partial charge in [-0.05, 0) is 160 Å². The van der Waals surface area contributed by atoms with Gasteiger partial charge in [-0.1, -0.05) is 127 Å². The number of rotatable bonds is 10. The number of hydrogen-bond donors (Lipinski definition) is 2. The lowest BCUT2D eigenvalue weighted by Crippen LogP contribution is -2.22. The Hall–Kier alpha value is -7.30. The minimum atomic E-state index is 0.224. The van der Waals surface area contributed by atoms with Crippen molar-refractivity contribution in [2.45, 2.75) is 46.1 Å². The lowest BCUT2D eigenvalue weighted by molar-refractivity contribution is 0.868. The fraction of sp³-hybridized carbons (Fsp3) is 0.123. The fourth-order valence-corrected chi connectivity index (χ4v) is 7.34. The molecule has 61 heavy (non-hydrogen) atoms. The molecule has 2 aliphatic carbocycles. The Bertz CT molecular complexity index is 2530. The van der Waals surface area contributed by atoms with Gasteiger partial charge in [-0.2, -0.15) is 0 Å². The van der Waals surface area contributed by atoms with E-state index in [1.165, 1.54) is 40.9 Å². The second-order valence-electron chi connectivity index (χ2n) is 15.3. The van der Waals surface area contributed by atoms with E-state index in [-0.39, 0.29) is 6.04 Å². The lowest BCUT2D eigenvalue weighted by atomic mass is 10.0. The highest BCUT2D eigenvalue weighted by molar-refractivity contribution is 5.78. The number of anilines is 8. The molecule has 0 aliphatic heterocycles. The zero-order valence-electron chi connectivity index (χ0n) is 35.5. The highest BCUT2D eigenvalue weighted by Gasteiger charge is 2.18. The summed E-state index contributed by atoms with van der Waals surface area (Å²) in [5, 5.41) is 7.06. The van der Waals surface area contributed by atoms with Gasteiger partial charge < -0.3 is 20.4 Å². The summed E-state index contributed by atoms with van der Waals surface area (Å²) in [6.45, 7) is 6.37. The third-order valence-electron chi connectivity index (χ3n) is 10.3. The summed E-state index contributed by atoms with van der Waals surface area (Å²) in [6, 6.07) is 66.0. The SMILES string of the molecule is C1=CCCC=C1.Cc1cccc(N(C2=CCC(Nc3ccc(N(c4ccccc4)c4cccc(C)c4)cc3)C=C2)c2ccccc2)c1.Cc1cccc(Nc2ccccc2)c1. The van der Waals surface area contributed by atoms with E-state index in [1.807, 2.05) is 18.2 Å². The first-order chi connectivity index (χ1) is 30.0. The summed E-state index contributed by atoms with van der Waals surface area (Å²) in [5.41, 5.74) is 14.1. The molecule has 0 spiro atoms. The Morgan fingerprint density at radius 1 is 0.426 bits per heavy atom. The number of para-hydroxylation sites is 3. The molecule has 2 N–H and O–H groups in total. The number of nitrogens with one attached hydrogen (secondary N) is 2. The largest absolute Gasteiger partial charge is 0.379 e. The molecule has 304 valence electrons. The summed E-state index contributed by atoms with van der Waals surface area (Å²) in [6.07, 6.45) is 18.7. The van der Waals surface area contributed by atoms with Gasteiger partial charge in [0.1, 0.15) is 0 Å². The molecule has 7 aromatic rings. The van der Waals surface area contributed by atoms with Crippen LogP contribution < -0.4 is 20.4 Å². The molecule has 0 aromatic heterocycles. The van der Waals surface area contributed by atoms with E-state index in [0.717, 1.165) is 46.2 Å². The van der Waals surface area contributed by atoms with Crippen molar-refractivity contribution in [3.8, 4) is 0 Å². The molecule has 1 atom stereocenters. The highest BCUT2D eigenvalue weighted by Crippen LogP contribution is 2.36. The van der Waals surface area contributed by atoms with Crippen LogP contribution in [0.4, 0.5) is 45.5 Å². The second kappa shape index (κ2) is 21.6. The molecule has 0 heterocycles. The van der Waals surface area contributed by atoms with Crippen LogP contribution in [0.5, 0.6) is 0 Å². The van der Waals surface area contributed by atoms with Crippen molar-refractivity contribution in [1.82, 2.24) is 0 Å². The molecule has 0 saturated heterocycles. The topological polar surface area (TPSA) is 30.5 Å². The van der Waals surface area contributed by atoms with Crippen molar-refractivity contribution in [1.29, 1.82) is 0 Å². The van der Waals surface area contributed by atoms with Crippen LogP contribution in [0.3, 0.4) is 0 Å². The number of aryl methyl sites for hydroxylation is 3. The molecule has 0 radical (unpaired) electrons. The van der Waals surface area contributed by atoms with Crippen molar-refractivity contribution in [3.63, 3.8) is 0 Å². The van der Waals surface area contributed by atoms with Crippen LogP contribution in [0.1, 0.15) is 36.0 Å². The zero-order chi connectivity index (χ0) is 42.1. The van der Waals surface area contributed by atoms with E-state index in [9.17, 15) is 0 Å². The minimum Gasteiger partial charge on any atom is -0.379 e. The molecule has 0 saturated carbocycles. The molecular formula is C57H56N4. The molecule has 0 fully saturated rings. The van der Waals surface area contributed by atoms with E-state index in [0.29, 0.717) is 0 Å². The Morgan fingerprint density at radius 2 is 0.902 bits per heavy atom. The Balaban J connectivity index is 0.000000228. The Labute approximate surface area is 363 Å². The van der Waals surface area contributed by atoms with Crippen LogP contribution in [-0.4, -0.2) is 6.04 Å². The molecule has 7 aromatic carbocycles. The van der Waals surface area contributed by atoms with Crippen LogP contribution in [0.2, 0.25) is 0 Å². The summed E-state index contributed by atoms with van der Waals surface area (Å²) in [4.78, 5) is 4.63. The number of benzene rings is 7. The van der Waals surface area contributed by atoms with Crippen molar-refractivity contribution in [2.24, 2.45) is 0 Å². The summed E-state index contributed by atoms with van der Waals surface area (Å²) in [5.74, 6) is 0. The fourth-order valence-electron chi connectivity index (χ4n) is 7.34. The molecule has 9 rings (SSSR count). The van der Waals surface area contributed by atoms with Crippen LogP contribution >= 0.6 is 0 Å². The monoisotopic (exact) mass is 796 g/mol. The van der Waals surface area contributed by atoms with E-state index >= 15 is 0 Å². The Morgan fingerprint density at radius 3 is 1.41 bits per heavy atom. The molecule has 4 nitrogen and oxygen atoms in total. The van der Waals surface area contributed by atoms with Crippen LogP contribution in [0.25, 0.3) is 0 Å². The van der Waals surface area contributed by atoms with E-state index in [4.69, 9.17) is 0 Å². The van der Waals surface area contributed by atoms with Crippen molar-refractivity contribution < 1.29 is 0 Å². The van der Waals surface area contributed by atoms with Gasteiger partial charge in [0.2, 0.25) is 0 Å². The normalized spacial score (nSPS) is 13.7. The van der Waals surface area contributed by atoms with Crippen molar-refractivity contribution in [2.75, 3.05) is 20.4 Å². The molecule has 1 unspecified atom stereocenters. The maximum atomic E-state index is 3.72. The predicted octanol–water partition coefficient (Wildman–Crippen LogP) is 15.9. The van der Waals surface area contributed by atoms with Gasteiger partial charge >= 0.3 is 0 Å². The minimum absolute atomic E-state index is 0.224. The maximum absolute atomic E-state index is 3.72. The molecule has 2 aliphatic rings. The smallest absolute Gasteiger partial charge is 0.0483 e. The average Bonchev–Trinajstić information content (AvgIpc) is 3.30. The summed E-state index contributed by atoms with van der Waals surface area (Å²) in [7, 11) is 0. The number of nitrogens with zero attached hydrogens (tertiary/aromatic N) is 2. The first-order valence-electron chi connectivity index (χ1n) is 21.3. The van der Waals surface area contributed by atoms with Crippen LogP contribution in [-0.2, 0) is 0 Å². The van der Waals surface area contributed by atoms with Crippen LogP contribution in [0, 0.1) is 20.8 Å². The second-order valence-corrected chi connectivity index (χ2v) is 15.3. The molecule has 0 amide bonds. The van der Waals surface area contributed by atoms with Gasteiger partial charge in [-0.25, -0.2) is 0 Å². The number of allylic oxidation sites excluding steroid dienone is 5. The first-order valence-corrected chi connectivity index (χ1v) is 21.3. The molecule has 4 heteroatoms. The van der Waals surface area contributed by atoms with Gasteiger partial charge in [0.25, 0.3) is 0 Å². The predicted molar refractivity (Wildman–Crippen MR) is 263 cm³/mol.